The smallest absolute Gasteiger partial charge is 0.222 e. The molecule has 0 aliphatic heterocycles. The van der Waals surface area contributed by atoms with Gasteiger partial charge in [-0.1, -0.05) is 11.6 Å². The number of hydrogen-bond donors (Lipinski definition) is 2. The summed E-state index contributed by atoms with van der Waals surface area (Å²) in [6.07, 6.45) is 5.76. The Balaban J connectivity index is 2.20. The third kappa shape index (κ3) is 2.79. The van der Waals surface area contributed by atoms with Gasteiger partial charge in [-0.2, -0.15) is 4.98 Å². The fourth-order valence-electron chi connectivity index (χ4n) is 1.97. The lowest BCUT2D eigenvalue weighted by Gasteiger charge is -2.38. The molecule has 94 valence electrons. The lowest BCUT2D eigenvalue weighted by molar-refractivity contribution is 0.282. The summed E-state index contributed by atoms with van der Waals surface area (Å²) in [5.74, 6) is 0.926. The van der Waals surface area contributed by atoms with Gasteiger partial charge in [-0.3, -0.25) is 0 Å². The maximum Gasteiger partial charge on any atom is 0.222 e. The molecule has 1 heterocycles. The third-order valence-corrected chi connectivity index (χ3v) is 3.36. The predicted molar refractivity (Wildman–Crippen MR) is 68.1 cm³/mol. The molecule has 0 bridgehead atoms. The van der Waals surface area contributed by atoms with Gasteiger partial charge in [0.2, 0.25) is 5.95 Å². The lowest BCUT2D eigenvalue weighted by Crippen LogP contribution is -2.42. The minimum Gasteiger partial charge on any atom is -0.396 e. The number of nitrogens with two attached hydrogens (primary N) is 1. The summed E-state index contributed by atoms with van der Waals surface area (Å²) in [5.41, 5.74) is 5.60. The molecule has 0 aromatic carbocycles. The zero-order valence-corrected chi connectivity index (χ0v) is 10.4. The first-order valence-electron chi connectivity index (χ1n) is 5.88. The molecule has 1 aliphatic carbocycles. The van der Waals surface area contributed by atoms with Gasteiger partial charge < -0.3 is 15.7 Å². The van der Waals surface area contributed by atoms with Crippen LogP contribution >= 0.6 is 11.6 Å². The van der Waals surface area contributed by atoms with Crippen molar-refractivity contribution in [1.29, 1.82) is 0 Å². The summed E-state index contributed by atoms with van der Waals surface area (Å²) in [7, 11) is 0. The monoisotopic (exact) mass is 256 g/mol. The summed E-state index contributed by atoms with van der Waals surface area (Å²) < 4.78 is 0. The van der Waals surface area contributed by atoms with E-state index in [0.717, 1.165) is 19.4 Å². The number of rotatable bonds is 5. The maximum absolute atomic E-state index is 8.94. The van der Waals surface area contributed by atoms with Crippen molar-refractivity contribution < 1.29 is 5.11 Å². The Labute approximate surface area is 106 Å². The van der Waals surface area contributed by atoms with E-state index in [1.807, 2.05) is 0 Å². The molecule has 0 unspecified atom stereocenters. The zero-order valence-electron chi connectivity index (χ0n) is 9.64. The number of aliphatic hydroxyl groups is 1. The molecule has 1 aromatic heterocycles. The number of aliphatic hydroxyl groups excluding tert-OH is 1. The van der Waals surface area contributed by atoms with Crippen LogP contribution in [0.4, 0.5) is 11.8 Å². The lowest BCUT2D eigenvalue weighted by atomic mass is 9.91. The van der Waals surface area contributed by atoms with E-state index in [0.29, 0.717) is 23.3 Å². The van der Waals surface area contributed by atoms with Crippen molar-refractivity contribution in [1.82, 2.24) is 9.97 Å². The van der Waals surface area contributed by atoms with E-state index < -0.39 is 0 Å². The van der Waals surface area contributed by atoms with Crippen LogP contribution in [0.25, 0.3) is 0 Å². The Morgan fingerprint density at radius 2 is 2.29 bits per heavy atom. The first kappa shape index (κ1) is 12.4. The zero-order chi connectivity index (χ0) is 12.3. The van der Waals surface area contributed by atoms with Crippen molar-refractivity contribution in [3.05, 3.63) is 11.2 Å². The Bertz CT molecular complexity index is 384. The SMILES string of the molecule is Nc1ncc(Cl)c(N(CCCO)C2CCC2)n1. The highest BCUT2D eigenvalue weighted by atomic mass is 35.5. The van der Waals surface area contributed by atoms with Crippen molar-refractivity contribution in [3.8, 4) is 0 Å². The van der Waals surface area contributed by atoms with Crippen molar-refractivity contribution in [3.63, 3.8) is 0 Å². The van der Waals surface area contributed by atoms with E-state index >= 15 is 0 Å². The second kappa shape index (κ2) is 5.51. The van der Waals surface area contributed by atoms with E-state index in [2.05, 4.69) is 14.9 Å². The highest BCUT2D eigenvalue weighted by molar-refractivity contribution is 6.32. The van der Waals surface area contributed by atoms with Crippen molar-refractivity contribution >= 4 is 23.4 Å². The van der Waals surface area contributed by atoms with Crippen LogP contribution in [-0.4, -0.2) is 34.3 Å². The van der Waals surface area contributed by atoms with Crippen LogP contribution in [0, 0.1) is 0 Å². The number of nitrogens with zero attached hydrogens (tertiary/aromatic N) is 3. The summed E-state index contributed by atoms with van der Waals surface area (Å²) >= 11 is 6.11. The van der Waals surface area contributed by atoms with E-state index in [9.17, 15) is 0 Å². The molecule has 3 N–H and O–H groups in total. The molecule has 1 fully saturated rings. The second-order valence-corrected chi connectivity index (χ2v) is 4.66. The Kier molecular flexibility index (Phi) is 4.02. The molecule has 0 atom stereocenters. The largest absolute Gasteiger partial charge is 0.396 e. The van der Waals surface area contributed by atoms with E-state index in [4.69, 9.17) is 22.4 Å². The normalized spacial score (nSPS) is 15.6. The van der Waals surface area contributed by atoms with Crippen LogP contribution in [0.5, 0.6) is 0 Å². The molecule has 0 saturated heterocycles. The topological polar surface area (TPSA) is 75.3 Å². The maximum atomic E-state index is 8.94. The average molecular weight is 257 g/mol. The Morgan fingerprint density at radius 3 is 2.88 bits per heavy atom. The van der Waals surface area contributed by atoms with E-state index in [-0.39, 0.29) is 12.6 Å². The van der Waals surface area contributed by atoms with Crippen LogP contribution < -0.4 is 10.6 Å². The molecule has 5 nitrogen and oxygen atoms in total. The van der Waals surface area contributed by atoms with Gasteiger partial charge in [0, 0.05) is 19.2 Å². The highest BCUT2D eigenvalue weighted by Crippen LogP contribution is 2.32. The van der Waals surface area contributed by atoms with Gasteiger partial charge in [-0.15, -0.1) is 0 Å². The number of nitrogen functional groups attached to an aromatic ring is 1. The quantitative estimate of drug-likeness (QED) is 0.834. The second-order valence-electron chi connectivity index (χ2n) is 4.26. The molecule has 1 aromatic rings. The van der Waals surface area contributed by atoms with Gasteiger partial charge >= 0.3 is 0 Å². The predicted octanol–water partition coefficient (Wildman–Crippen LogP) is 1.45. The van der Waals surface area contributed by atoms with Crippen LogP contribution in [0.15, 0.2) is 6.20 Å². The minimum absolute atomic E-state index is 0.168. The number of aromatic nitrogens is 2. The molecular weight excluding hydrogens is 240 g/mol. The van der Waals surface area contributed by atoms with Crippen molar-refractivity contribution in [2.24, 2.45) is 0 Å². The van der Waals surface area contributed by atoms with E-state index in [1.165, 1.54) is 12.6 Å². The first-order chi connectivity index (χ1) is 8.22. The van der Waals surface area contributed by atoms with Gasteiger partial charge in [0.05, 0.1) is 6.20 Å². The van der Waals surface area contributed by atoms with Crippen molar-refractivity contribution in [2.75, 3.05) is 23.8 Å². The Morgan fingerprint density at radius 1 is 1.53 bits per heavy atom. The number of halogens is 1. The molecule has 2 rings (SSSR count). The number of anilines is 2. The van der Waals surface area contributed by atoms with E-state index in [1.54, 1.807) is 0 Å². The fourth-order valence-corrected chi connectivity index (χ4v) is 2.17. The van der Waals surface area contributed by atoms with Crippen molar-refractivity contribution in [2.45, 2.75) is 31.7 Å². The molecule has 0 radical (unpaired) electrons. The summed E-state index contributed by atoms with van der Waals surface area (Å²) in [6.45, 7) is 0.915. The van der Waals surface area contributed by atoms with Gasteiger partial charge in [-0.05, 0) is 25.7 Å². The van der Waals surface area contributed by atoms with Crippen LogP contribution in [0.2, 0.25) is 5.02 Å². The summed E-state index contributed by atoms with van der Waals surface area (Å²) in [4.78, 5) is 10.2. The molecule has 1 aliphatic rings. The highest BCUT2D eigenvalue weighted by Gasteiger charge is 2.27. The van der Waals surface area contributed by atoms with Crippen LogP contribution in [0.1, 0.15) is 25.7 Å². The molecule has 0 amide bonds. The third-order valence-electron chi connectivity index (χ3n) is 3.09. The van der Waals surface area contributed by atoms with Gasteiger partial charge in [-0.25, -0.2) is 4.98 Å². The average Bonchev–Trinajstić information content (AvgIpc) is 2.25. The molecular formula is C11H17ClN4O. The Hall–Kier alpha value is -1.07. The molecule has 0 spiro atoms. The van der Waals surface area contributed by atoms with Gasteiger partial charge in [0.1, 0.15) is 5.02 Å². The number of hydrogen-bond acceptors (Lipinski definition) is 5. The minimum atomic E-state index is 0.168. The first-order valence-corrected chi connectivity index (χ1v) is 6.25. The molecule has 6 heteroatoms. The van der Waals surface area contributed by atoms with Gasteiger partial charge in [0.15, 0.2) is 5.82 Å². The van der Waals surface area contributed by atoms with Crippen LogP contribution in [-0.2, 0) is 0 Å². The fraction of sp³-hybridized carbons (Fsp3) is 0.636. The van der Waals surface area contributed by atoms with Gasteiger partial charge in [0.25, 0.3) is 0 Å². The molecule has 1 saturated carbocycles. The standard InChI is InChI=1S/C11H17ClN4O/c12-9-7-14-11(13)15-10(9)16(5-2-6-17)8-3-1-4-8/h7-8,17H,1-6H2,(H2,13,14,15). The summed E-state index contributed by atoms with van der Waals surface area (Å²) in [5, 5.41) is 9.46. The molecule has 17 heavy (non-hydrogen) atoms. The summed E-state index contributed by atoms with van der Waals surface area (Å²) in [6, 6.07) is 0.466. The van der Waals surface area contributed by atoms with Crippen LogP contribution in [0.3, 0.4) is 0 Å².